The van der Waals surface area contributed by atoms with Gasteiger partial charge in [0.15, 0.2) is 0 Å². The van der Waals surface area contributed by atoms with Gasteiger partial charge in [-0.1, -0.05) is 42.5 Å². The standard InChI is InChI=1S/C18H20O3/c1-3-20-17-12-15(14-8-6-5-7-9-14)10-11-16(17)13-18(19)21-4-2/h5-12H,3-4,13H2,1-2H3. The van der Waals surface area contributed by atoms with E-state index < -0.39 is 0 Å². The van der Waals surface area contributed by atoms with Crippen LogP contribution in [0.15, 0.2) is 48.5 Å². The van der Waals surface area contributed by atoms with Crippen molar-refractivity contribution in [2.45, 2.75) is 20.3 Å². The molecule has 0 fully saturated rings. The second kappa shape index (κ2) is 7.48. The van der Waals surface area contributed by atoms with E-state index in [2.05, 4.69) is 12.1 Å². The van der Waals surface area contributed by atoms with E-state index >= 15 is 0 Å². The van der Waals surface area contributed by atoms with Gasteiger partial charge in [0.05, 0.1) is 19.6 Å². The van der Waals surface area contributed by atoms with Crippen LogP contribution in [0.4, 0.5) is 0 Å². The zero-order valence-corrected chi connectivity index (χ0v) is 12.5. The maximum atomic E-state index is 11.6. The molecule has 0 saturated carbocycles. The Morgan fingerprint density at radius 2 is 1.71 bits per heavy atom. The zero-order chi connectivity index (χ0) is 15.1. The number of rotatable bonds is 6. The van der Waals surface area contributed by atoms with E-state index in [0.29, 0.717) is 13.2 Å². The molecule has 0 heterocycles. The fraction of sp³-hybridized carbons (Fsp3) is 0.278. The van der Waals surface area contributed by atoms with Gasteiger partial charge >= 0.3 is 5.97 Å². The fourth-order valence-corrected chi connectivity index (χ4v) is 2.17. The maximum absolute atomic E-state index is 11.6. The molecule has 0 aliphatic carbocycles. The summed E-state index contributed by atoms with van der Waals surface area (Å²) in [5, 5.41) is 0. The van der Waals surface area contributed by atoms with E-state index in [-0.39, 0.29) is 12.4 Å². The van der Waals surface area contributed by atoms with Gasteiger partial charge in [0, 0.05) is 5.56 Å². The Hall–Kier alpha value is -2.29. The van der Waals surface area contributed by atoms with Crippen molar-refractivity contribution in [1.82, 2.24) is 0 Å². The number of esters is 1. The number of hydrogen-bond acceptors (Lipinski definition) is 3. The predicted molar refractivity (Wildman–Crippen MR) is 83.4 cm³/mol. The molecule has 0 atom stereocenters. The monoisotopic (exact) mass is 284 g/mol. The third kappa shape index (κ3) is 4.09. The predicted octanol–water partition coefficient (Wildman–Crippen LogP) is 3.86. The second-order valence-electron chi connectivity index (χ2n) is 4.60. The molecular weight excluding hydrogens is 264 g/mol. The molecule has 110 valence electrons. The van der Waals surface area contributed by atoms with E-state index in [1.165, 1.54) is 0 Å². The van der Waals surface area contributed by atoms with Crippen LogP contribution >= 0.6 is 0 Å². The molecule has 2 aromatic rings. The third-order valence-corrected chi connectivity index (χ3v) is 3.11. The van der Waals surface area contributed by atoms with E-state index in [4.69, 9.17) is 9.47 Å². The Morgan fingerprint density at radius 1 is 0.952 bits per heavy atom. The van der Waals surface area contributed by atoms with Crippen LogP contribution in [-0.4, -0.2) is 19.2 Å². The van der Waals surface area contributed by atoms with Crippen molar-refractivity contribution in [2.24, 2.45) is 0 Å². The lowest BCUT2D eigenvalue weighted by atomic mass is 10.0. The van der Waals surface area contributed by atoms with Crippen molar-refractivity contribution in [3.8, 4) is 16.9 Å². The van der Waals surface area contributed by atoms with E-state index in [1.807, 2.05) is 43.3 Å². The molecule has 0 aliphatic heterocycles. The van der Waals surface area contributed by atoms with E-state index in [0.717, 1.165) is 22.4 Å². The van der Waals surface area contributed by atoms with Crippen molar-refractivity contribution < 1.29 is 14.3 Å². The Morgan fingerprint density at radius 3 is 2.38 bits per heavy atom. The van der Waals surface area contributed by atoms with Crippen LogP contribution in [-0.2, 0) is 16.0 Å². The van der Waals surface area contributed by atoms with Crippen molar-refractivity contribution in [3.05, 3.63) is 54.1 Å². The molecule has 0 N–H and O–H groups in total. The van der Waals surface area contributed by atoms with E-state index in [9.17, 15) is 4.79 Å². The highest BCUT2D eigenvalue weighted by Gasteiger charge is 2.11. The minimum absolute atomic E-state index is 0.231. The number of carbonyl (C=O) groups excluding carboxylic acids is 1. The minimum Gasteiger partial charge on any atom is -0.494 e. The molecular formula is C18H20O3. The second-order valence-corrected chi connectivity index (χ2v) is 4.60. The summed E-state index contributed by atoms with van der Waals surface area (Å²) in [5.74, 6) is 0.512. The number of hydrogen-bond donors (Lipinski definition) is 0. The molecule has 0 aromatic heterocycles. The average Bonchev–Trinajstić information content (AvgIpc) is 2.50. The first-order valence-electron chi connectivity index (χ1n) is 7.21. The van der Waals surface area contributed by atoms with Gasteiger partial charge in [-0.15, -0.1) is 0 Å². The van der Waals surface area contributed by atoms with E-state index in [1.54, 1.807) is 6.92 Å². The molecule has 0 aliphatic rings. The van der Waals surface area contributed by atoms with Crippen LogP contribution < -0.4 is 4.74 Å². The summed E-state index contributed by atoms with van der Waals surface area (Å²) in [6.07, 6.45) is 0.234. The Balaban J connectivity index is 2.28. The van der Waals surface area contributed by atoms with Crippen LogP contribution in [0, 0.1) is 0 Å². The summed E-state index contributed by atoms with van der Waals surface area (Å²) >= 11 is 0. The number of ether oxygens (including phenoxy) is 2. The lowest BCUT2D eigenvalue weighted by Crippen LogP contribution is -2.09. The maximum Gasteiger partial charge on any atom is 0.310 e. The summed E-state index contributed by atoms with van der Waals surface area (Å²) < 4.78 is 10.7. The first kappa shape index (κ1) is 15.1. The topological polar surface area (TPSA) is 35.5 Å². The molecule has 2 aromatic carbocycles. The fourth-order valence-electron chi connectivity index (χ4n) is 2.17. The average molecular weight is 284 g/mol. The number of carbonyl (C=O) groups is 1. The quantitative estimate of drug-likeness (QED) is 0.756. The number of benzene rings is 2. The molecule has 0 radical (unpaired) electrons. The highest BCUT2D eigenvalue weighted by molar-refractivity contribution is 5.75. The Labute approximate surface area is 125 Å². The summed E-state index contributed by atoms with van der Waals surface area (Å²) in [4.78, 5) is 11.6. The molecule has 0 amide bonds. The minimum atomic E-state index is -0.231. The first-order chi connectivity index (χ1) is 10.2. The SMILES string of the molecule is CCOC(=O)Cc1ccc(-c2ccccc2)cc1OCC. The summed E-state index contributed by atoms with van der Waals surface area (Å²) in [6.45, 7) is 4.70. The molecule has 0 bridgehead atoms. The normalized spacial score (nSPS) is 10.2. The Bertz CT molecular complexity index is 591. The smallest absolute Gasteiger partial charge is 0.310 e. The molecule has 21 heavy (non-hydrogen) atoms. The van der Waals surface area contributed by atoms with Crippen LogP contribution in [0.5, 0.6) is 5.75 Å². The highest BCUT2D eigenvalue weighted by Crippen LogP contribution is 2.28. The van der Waals surface area contributed by atoms with Crippen LogP contribution in [0.25, 0.3) is 11.1 Å². The molecule has 0 unspecified atom stereocenters. The van der Waals surface area contributed by atoms with Gasteiger partial charge in [0.1, 0.15) is 5.75 Å². The highest BCUT2D eigenvalue weighted by atomic mass is 16.5. The molecule has 2 rings (SSSR count). The van der Waals surface area contributed by atoms with Gasteiger partial charge in [0.25, 0.3) is 0 Å². The summed E-state index contributed by atoms with van der Waals surface area (Å²) in [6, 6.07) is 16.0. The third-order valence-electron chi connectivity index (χ3n) is 3.11. The molecule has 3 heteroatoms. The lowest BCUT2D eigenvalue weighted by molar-refractivity contribution is -0.142. The molecule has 0 saturated heterocycles. The van der Waals surface area contributed by atoms with Crippen molar-refractivity contribution in [3.63, 3.8) is 0 Å². The van der Waals surface area contributed by atoms with Crippen molar-refractivity contribution in [2.75, 3.05) is 13.2 Å². The van der Waals surface area contributed by atoms with Gasteiger partial charge in [-0.05, 0) is 31.0 Å². The van der Waals surface area contributed by atoms with Crippen LogP contribution in [0.3, 0.4) is 0 Å². The van der Waals surface area contributed by atoms with Gasteiger partial charge < -0.3 is 9.47 Å². The van der Waals surface area contributed by atoms with Crippen LogP contribution in [0.1, 0.15) is 19.4 Å². The van der Waals surface area contributed by atoms with Gasteiger partial charge in [-0.25, -0.2) is 0 Å². The van der Waals surface area contributed by atoms with Gasteiger partial charge in [0.2, 0.25) is 0 Å². The molecule has 3 nitrogen and oxygen atoms in total. The van der Waals surface area contributed by atoms with Gasteiger partial charge in [-0.3, -0.25) is 4.79 Å². The van der Waals surface area contributed by atoms with Crippen molar-refractivity contribution in [1.29, 1.82) is 0 Å². The molecule has 0 spiro atoms. The van der Waals surface area contributed by atoms with Crippen LogP contribution in [0.2, 0.25) is 0 Å². The zero-order valence-electron chi connectivity index (χ0n) is 12.5. The summed E-state index contributed by atoms with van der Waals surface area (Å²) in [7, 11) is 0. The first-order valence-corrected chi connectivity index (χ1v) is 7.21. The lowest BCUT2D eigenvalue weighted by Gasteiger charge is -2.12. The van der Waals surface area contributed by atoms with Crippen molar-refractivity contribution >= 4 is 5.97 Å². The largest absolute Gasteiger partial charge is 0.494 e. The Kier molecular flexibility index (Phi) is 5.38. The van der Waals surface area contributed by atoms with Gasteiger partial charge in [-0.2, -0.15) is 0 Å². The summed E-state index contributed by atoms with van der Waals surface area (Å²) in [5.41, 5.74) is 3.06.